The third kappa shape index (κ3) is 5.11. The molecule has 0 aliphatic heterocycles. The highest BCUT2D eigenvalue weighted by atomic mass is 32.1. The van der Waals surface area contributed by atoms with Gasteiger partial charge in [0.25, 0.3) is 5.91 Å². The molecule has 6 nitrogen and oxygen atoms in total. The SMILES string of the molecule is CCCN(CC(=O)OCC)C(=O)c1ccc(C(N)=S)cn1. The van der Waals surface area contributed by atoms with E-state index in [-0.39, 0.29) is 29.7 Å². The van der Waals surface area contributed by atoms with Crippen LogP contribution >= 0.6 is 12.2 Å². The maximum Gasteiger partial charge on any atom is 0.325 e. The Hall–Kier alpha value is -2.02. The van der Waals surface area contributed by atoms with Gasteiger partial charge >= 0.3 is 5.97 Å². The summed E-state index contributed by atoms with van der Waals surface area (Å²) in [6.45, 7) is 4.30. The van der Waals surface area contributed by atoms with Crippen molar-refractivity contribution >= 4 is 29.1 Å². The van der Waals surface area contributed by atoms with Crippen molar-refractivity contribution in [1.82, 2.24) is 9.88 Å². The smallest absolute Gasteiger partial charge is 0.325 e. The van der Waals surface area contributed by atoms with Gasteiger partial charge < -0.3 is 15.4 Å². The summed E-state index contributed by atoms with van der Waals surface area (Å²) in [5, 5.41) is 0. The van der Waals surface area contributed by atoms with Crippen LogP contribution in [-0.4, -0.2) is 46.4 Å². The molecule has 0 spiro atoms. The van der Waals surface area contributed by atoms with E-state index in [4.69, 9.17) is 22.7 Å². The van der Waals surface area contributed by atoms with Crippen molar-refractivity contribution in [3.05, 3.63) is 29.6 Å². The monoisotopic (exact) mass is 309 g/mol. The zero-order valence-corrected chi connectivity index (χ0v) is 13.0. The molecule has 114 valence electrons. The van der Waals surface area contributed by atoms with Crippen molar-refractivity contribution in [3.8, 4) is 0 Å². The minimum absolute atomic E-state index is 0.0841. The Labute approximate surface area is 129 Å². The predicted octanol–water partition coefficient (Wildman–Crippen LogP) is 1.13. The fraction of sp³-hybridized carbons (Fsp3) is 0.429. The molecule has 0 unspecified atom stereocenters. The van der Waals surface area contributed by atoms with Gasteiger partial charge in [-0.1, -0.05) is 19.1 Å². The molecule has 0 aromatic carbocycles. The fourth-order valence-electron chi connectivity index (χ4n) is 1.71. The molecule has 1 aromatic heterocycles. The van der Waals surface area contributed by atoms with Crippen LogP contribution < -0.4 is 5.73 Å². The molecule has 1 rings (SSSR count). The normalized spacial score (nSPS) is 10.0. The number of amides is 1. The summed E-state index contributed by atoms with van der Waals surface area (Å²) in [5.74, 6) is -0.751. The number of nitrogens with zero attached hydrogens (tertiary/aromatic N) is 2. The van der Waals surface area contributed by atoms with Crippen LogP contribution in [0, 0.1) is 0 Å². The molecule has 21 heavy (non-hydrogen) atoms. The lowest BCUT2D eigenvalue weighted by atomic mass is 10.2. The molecule has 1 heterocycles. The zero-order chi connectivity index (χ0) is 15.8. The summed E-state index contributed by atoms with van der Waals surface area (Å²) in [5.41, 5.74) is 6.32. The number of carbonyl (C=O) groups is 2. The fourth-order valence-corrected chi connectivity index (χ4v) is 1.83. The Balaban J connectivity index is 2.84. The van der Waals surface area contributed by atoms with Crippen LogP contribution in [-0.2, 0) is 9.53 Å². The van der Waals surface area contributed by atoms with Gasteiger partial charge in [-0.2, -0.15) is 0 Å². The van der Waals surface area contributed by atoms with Crippen LogP contribution in [0.1, 0.15) is 36.3 Å². The Morgan fingerprint density at radius 3 is 2.57 bits per heavy atom. The van der Waals surface area contributed by atoms with Crippen LogP contribution in [0.2, 0.25) is 0 Å². The van der Waals surface area contributed by atoms with Crippen LogP contribution in [0.5, 0.6) is 0 Å². The molecular weight excluding hydrogens is 290 g/mol. The number of thiocarbonyl (C=S) groups is 1. The van der Waals surface area contributed by atoms with Gasteiger partial charge in [0.15, 0.2) is 0 Å². The number of nitrogens with two attached hydrogens (primary N) is 1. The van der Waals surface area contributed by atoms with E-state index < -0.39 is 5.97 Å². The first-order valence-electron chi connectivity index (χ1n) is 6.70. The summed E-state index contributed by atoms with van der Waals surface area (Å²) in [4.78, 5) is 29.6. The van der Waals surface area contributed by atoms with Crippen molar-refractivity contribution < 1.29 is 14.3 Å². The number of hydrogen-bond acceptors (Lipinski definition) is 5. The van der Waals surface area contributed by atoms with E-state index in [1.165, 1.54) is 11.1 Å². The predicted molar refractivity (Wildman–Crippen MR) is 83.0 cm³/mol. The summed E-state index contributed by atoms with van der Waals surface area (Å²) in [6, 6.07) is 3.18. The lowest BCUT2D eigenvalue weighted by molar-refractivity contribution is -0.143. The van der Waals surface area contributed by atoms with Gasteiger partial charge in [0, 0.05) is 18.3 Å². The quantitative estimate of drug-likeness (QED) is 0.600. The second-order valence-electron chi connectivity index (χ2n) is 4.33. The standard InChI is InChI=1S/C14H19N3O3S/c1-3-7-17(9-12(18)20-4-2)14(19)11-6-5-10(8-16-11)13(15)21/h5-6,8H,3-4,7,9H2,1-2H3,(H2,15,21). The number of rotatable bonds is 7. The molecule has 7 heteroatoms. The van der Waals surface area contributed by atoms with Crippen molar-refractivity contribution in [2.75, 3.05) is 19.7 Å². The topological polar surface area (TPSA) is 85.5 Å². The maximum absolute atomic E-state index is 12.3. The molecule has 0 aliphatic carbocycles. The first kappa shape index (κ1) is 17.0. The second-order valence-corrected chi connectivity index (χ2v) is 4.77. The van der Waals surface area contributed by atoms with E-state index in [1.54, 1.807) is 19.1 Å². The minimum Gasteiger partial charge on any atom is -0.465 e. The molecule has 0 aliphatic rings. The van der Waals surface area contributed by atoms with Gasteiger partial charge in [-0.15, -0.1) is 0 Å². The highest BCUT2D eigenvalue weighted by molar-refractivity contribution is 7.80. The van der Waals surface area contributed by atoms with E-state index in [0.29, 0.717) is 12.1 Å². The summed E-state index contributed by atoms with van der Waals surface area (Å²) < 4.78 is 4.87. The molecule has 0 bridgehead atoms. The maximum atomic E-state index is 12.3. The first-order valence-corrected chi connectivity index (χ1v) is 7.11. The second kappa shape index (κ2) is 8.31. The number of pyridine rings is 1. The number of esters is 1. The largest absolute Gasteiger partial charge is 0.465 e. The molecule has 0 saturated carbocycles. The van der Waals surface area contributed by atoms with Crippen molar-refractivity contribution in [1.29, 1.82) is 0 Å². The molecule has 2 N–H and O–H groups in total. The van der Waals surface area contributed by atoms with Gasteiger partial charge in [-0.3, -0.25) is 14.6 Å². The third-order valence-corrected chi connectivity index (χ3v) is 2.91. The van der Waals surface area contributed by atoms with Crippen molar-refractivity contribution in [2.45, 2.75) is 20.3 Å². The molecular formula is C14H19N3O3S. The van der Waals surface area contributed by atoms with Gasteiger partial charge in [-0.25, -0.2) is 0 Å². The highest BCUT2D eigenvalue weighted by Gasteiger charge is 2.19. The first-order chi connectivity index (χ1) is 9.99. The number of hydrogen-bond donors (Lipinski definition) is 1. The Bertz CT molecular complexity index is 517. The van der Waals surface area contributed by atoms with Gasteiger partial charge in [0.1, 0.15) is 17.2 Å². The van der Waals surface area contributed by atoms with Gasteiger partial charge in [0.05, 0.1) is 6.61 Å². The van der Waals surface area contributed by atoms with Crippen LogP contribution in [0.4, 0.5) is 0 Å². The van der Waals surface area contributed by atoms with Gasteiger partial charge in [0.2, 0.25) is 0 Å². The minimum atomic E-state index is -0.431. The number of carbonyl (C=O) groups excluding carboxylic acids is 2. The van der Waals surface area contributed by atoms with E-state index in [0.717, 1.165) is 6.42 Å². The molecule has 0 radical (unpaired) electrons. The van der Waals surface area contributed by atoms with E-state index in [9.17, 15) is 9.59 Å². The van der Waals surface area contributed by atoms with Crippen molar-refractivity contribution in [2.24, 2.45) is 5.73 Å². The van der Waals surface area contributed by atoms with E-state index >= 15 is 0 Å². The molecule has 1 amide bonds. The van der Waals surface area contributed by atoms with Crippen LogP contribution in [0.15, 0.2) is 18.3 Å². The summed E-state index contributed by atoms with van der Waals surface area (Å²) in [7, 11) is 0. The Kier molecular flexibility index (Phi) is 6.74. The average Bonchev–Trinajstić information content (AvgIpc) is 2.46. The zero-order valence-electron chi connectivity index (χ0n) is 12.2. The number of ether oxygens (including phenoxy) is 1. The lowest BCUT2D eigenvalue weighted by Gasteiger charge is -2.20. The summed E-state index contributed by atoms with van der Waals surface area (Å²) >= 11 is 4.83. The lowest BCUT2D eigenvalue weighted by Crippen LogP contribution is -2.37. The molecule has 0 fully saturated rings. The van der Waals surface area contributed by atoms with Crippen LogP contribution in [0.3, 0.4) is 0 Å². The molecule has 1 aromatic rings. The van der Waals surface area contributed by atoms with E-state index in [2.05, 4.69) is 4.98 Å². The third-order valence-electron chi connectivity index (χ3n) is 2.67. The Morgan fingerprint density at radius 2 is 2.10 bits per heavy atom. The van der Waals surface area contributed by atoms with E-state index in [1.807, 2.05) is 6.92 Å². The Morgan fingerprint density at radius 1 is 1.38 bits per heavy atom. The van der Waals surface area contributed by atoms with Crippen LogP contribution in [0.25, 0.3) is 0 Å². The highest BCUT2D eigenvalue weighted by Crippen LogP contribution is 2.06. The average molecular weight is 309 g/mol. The molecule has 0 atom stereocenters. The summed E-state index contributed by atoms with van der Waals surface area (Å²) in [6.07, 6.45) is 2.18. The molecule has 0 saturated heterocycles. The number of aromatic nitrogens is 1. The van der Waals surface area contributed by atoms with Gasteiger partial charge in [-0.05, 0) is 25.5 Å². The van der Waals surface area contributed by atoms with Crippen molar-refractivity contribution in [3.63, 3.8) is 0 Å².